The molecule has 22 nitrogen and oxygen atoms in total. The fourth-order valence-corrected chi connectivity index (χ4v) is 9.30. The number of benzene rings is 4. The summed E-state index contributed by atoms with van der Waals surface area (Å²) in [6.45, 7) is 18.3. The maximum Gasteiger partial charge on any atom is 0.262 e. The Morgan fingerprint density at radius 3 is 1.96 bits per heavy atom. The third-order valence-electron chi connectivity index (χ3n) is 10.8. The Hall–Kier alpha value is -7.10. The van der Waals surface area contributed by atoms with E-state index in [1.807, 2.05) is 40.7 Å². The minimum Gasteiger partial charge on any atom is -0.399 e. The first-order valence-electron chi connectivity index (χ1n) is 26.0. The summed E-state index contributed by atoms with van der Waals surface area (Å²) in [5, 5.41) is 31.3. The van der Waals surface area contributed by atoms with E-state index >= 15 is 0 Å². The molecule has 25 heteroatoms. The summed E-state index contributed by atoms with van der Waals surface area (Å²) in [6.07, 6.45) is 3.27. The van der Waals surface area contributed by atoms with Crippen LogP contribution in [-0.2, 0) is 48.3 Å². The number of ether oxygens (including phenoxy) is 5. The number of carbonyl (C=O) groups is 1. The number of hydrogen-bond donors (Lipinski definition) is 8. The van der Waals surface area contributed by atoms with Crippen LogP contribution in [0.1, 0.15) is 64.7 Å². The molecule has 0 fully saturated rings. The highest BCUT2D eigenvalue weighted by Crippen LogP contribution is 2.32. The highest BCUT2D eigenvalue weighted by atomic mass is 35.5. The summed E-state index contributed by atoms with van der Waals surface area (Å²) in [7, 11) is -7.51. The van der Waals surface area contributed by atoms with Gasteiger partial charge in [0.1, 0.15) is 17.2 Å². The predicted octanol–water partition coefficient (Wildman–Crippen LogP) is 8.41. The van der Waals surface area contributed by atoms with Gasteiger partial charge in [-0.25, -0.2) is 21.8 Å². The number of carbonyl (C=O) groups excluding carboxylic acids is 1. The van der Waals surface area contributed by atoms with Crippen molar-refractivity contribution in [2.75, 3.05) is 112 Å². The fourth-order valence-electron chi connectivity index (χ4n) is 6.87. The molecule has 2 heterocycles. The number of nitrogen functional groups attached to an aromatic ring is 1. The molecule has 0 aliphatic carbocycles. The molecule has 6 aromatic rings. The van der Waals surface area contributed by atoms with Crippen LogP contribution in [0.5, 0.6) is 0 Å². The Morgan fingerprint density at radius 1 is 0.738 bits per heavy atom. The van der Waals surface area contributed by atoms with Crippen molar-refractivity contribution in [1.82, 2.24) is 20.3 Å². The minimum absolute atomic E-state index is 0.0719. The molecule has 0 atom stereocenters. The lowest BCUT2D eigenvalue weighted by Crippen LogP contribution is -2.28. The van der Waals surface area contributed by atoms with Crippen molar-refractivity contribution in [3.8, 4) is 12.1 Å². The van der Waals surface area contributed by atoms with Crippen molar-refractivity contribution in [2.45, 2.75) is 69.9 Å². The normalized spacial score (nSPS) is 10.9. The van der Waals surface area contributed by atoms with Gasteiger partial charge >= 0.3 is 0 Å². The second-order valence-corrected chi connectivity index (χ2v) is 21.2. The number of rotatable bonds is 30. The second kappa shape index (κ2) is 36.2. The van der Waals surface area contributed by atoms with Gasteiger partial charge in [0.05, 0.1) is 121 Å². The third kappa shape index (κ3) is 21.9. The first kappa shape index (κ1) is 67.2. The number of nitriles is 2. The topological polar surface area (TPSA) is 333 Å². The van der Waals surface area contributed by atoms with Crippen molar-refractivity contribution >= 4 is 88.5 Å². The van der Waals surface area contributed by atoms with Crippen LogP contribution in [0, 0.1) is 29.6 Å². The molecule has 0 aliphatic heterocycles. The van der Waals surface area contributed by atoms with E-state index in [-0.39, 0.29) is 26.3 Å². The predicted molar refractivity (Wildman–Crippen MR) is 315 cm³/mol. The average molecular weight is 1160 g/mol. The molecule has 0 unspecified atom stereocenters. The summed E-state index contributed by atoms with van der Waals surface area (Å²) >= 11 is 6.22. The molecule has 1 amide bonds. The number of para-hydroxylation sites is 1. The molecular weight excluding hydrogens is 1090 g/mol. The Kier molecular flexibility index (Phi) is 30.4. The first-order chi connectivity index (χ1) is 38.6. The van der Waals surface area contributed by atoms with E-state index < -0.39 is 25.1 Å². The Morgan fingerprint density at radius 2 is 1.34 bits per heavy atom. The van der Waals surface area contributed by atoms with Crippen LogP contribution < -0.4 is 37.5 Å². The third-order valence-corrected chi connectivity index (χ3v) is 14.6. The first-order valence-corrected chi connectivity index (χ1v) is 29.4. The van der Waals surface area contributed by atoms with Gasteiger partial charge in [-0.2, -0.15) is 15.5 Å². The van der Waals surface area contributed by atoms with Gasteiger partial charge in [-0.1, -0.05) is 57.5 Å². The lowest BCUT2D eigenvalue weighted by Gasteiger charge is -2.15. The van der Waals surface area contributed by atoms with Gasteiger partial charge in [0, 0.05) is 49.0 Å². The number of anilines is 7. The molecule has 0 aliphatic rings. The number of hydrogen-bond acceptors (Lipinski definition) is 19. The molecule has 0 spiro atoms. The molecule has 4 aromatic carbocycles. The quantitative estimate of drug-likeness (QED) is 0.0155. The van der Waals surface area contributed by atoms with Crippen LogP contribution >= 0.6 is 11.6 Å². The van der Waals surface area contributed by atoms with Crippen molar-refractivity contribution in [1.29, 1.82) is 10.5 Å². The van der Waals surface area contributed by atoms with Gasteiger partial charge in [-0.3, -0.25) is 9.52 Å². The van der Waals surface area contributed by atoms with Crippen LogP contribution in [0.2, 0.25) is 5.02 Å². The molecule has 0 radical (unpaired) electrons. The van der Waals surface area contributed by atoms with E-state index in [1.165, 1.54) is 30.6 Å². The van der Waals surface area contributed by atoms with Crippen LogP contribution in [-0.4, -0.2) is 129 Å². The van der Waals surface area contributed by atoms with E-state index in [4.69, 9.17) is 46.8 Å². The molecule has 10 N–H and O–H groups in total. The monoisotopic (exact) mass is 1160 g/mol. The zero-order chi connectivity index (χ0) is 58.9. The standard InChI is InChI=1S/C32H43N7O8S.C19H20ClN5O2S.2C2H6/c1-24-2-4-29(32-31(24)26(22-35)23-38-32)39-48(41,42)27-3-5-28(25(20-27)21-34)36-8-12-44-14-16-46-18-19-47-17-15-45-13-9-37-30(40)6-10-43-11-7-33;1-12(2)28(26,27)17-6-4-3-5-16(17)24-18-15(20)11-22-19(25-18)23-14-9-7-13(21)8-10-14;2*1-2/h2-5,20,23,36,38-39H,6-19,33H2,1H3,(H,37,40);3-12H,21H2,1-2H3,(H2,22,23,24,25);2*1-2H3. The number of nitrogens with zero attached hydrogens (tertiary/aromatic N) is 4. The van der Waals surface area contributed by atoms with Crippen molar-refractivity contribution in [3.63, 3.8) is 0 Å². The number of H-pyrrole nitrogens is 1. The number of sulfonamides is 1. The maximum atomic E-state index is 13.2. The van der Waals surface area contributed by atoms with Gasteiger partial charge in [0.25, 0.3) is 10.0 Å². The summed E-state index contributed by atoms with van der Waals surface area (Å²) in [5.74, 6) is 0.504. The highest BCUT2D eigenvalue weighted by molar-refractivity contribution is 7.92. The number of fused-ring (bicyclic) bond motifs is 1. The lowest BCUT2D eigenvalue weighted by molar-refractivity contribution is -0.122. The molecule has 2 aromatic heterocycles. The second-order valence-electron chi connectivity index (χ2n) is 16.6. The summed E-state index contributed by atoms with van der Waals surface area (Å²) < 4.78 is 81.2. The Balaban J connectivity index is 0.000000444. The number of aromatic nitrogens is 3. The van der Waals surface area contributed by atoms with Crippen molar-refractivity contribution in [2.24, 2.45) is 5.73 Å². The molecule has 0 bridgehead atoms. The summed E-state index contributed by atoms with van der Waals surface area (Å²) in [4.78, 5) is 23.2. The number of amides is 1. The van der Waals surface area contributed by atoms with E-state index in [0.29, 0.717) is 143 Å². The van der Waals surface area contributed by atoms with Crippen LogP contribution in [0.15, 0.2) is 101 Å². The molecule has 6 rings (SSSR count). The maximum absolute atomic E-state index is 13.2. The number of sulfone groups is 1. The summed E-state index contributed by atoms with van der Waals surface area (Å²) in [6, 6.07) is 25.5. The zero-order valence-corrected chi connectivity index (χ0v) is 48.7. The van der Waals surface area contributed by atoms with E-state index in [2.05, 4.69) is 47.0 Å². The molecule has 80 heavy (non-hydrogen) atoms. The van der Waals surface area contributed by atoms with Crippen LogP contribution in [0.4, 0.5) is 40.2 Å². The van der Waals surface area contributed by atoms with Gasteiger partial charge in [0.2, 0.25) is 11.9 Å². The molecule has 0 saturated heterocycles. The minimum atomic E-state index is -4.03. The Bertz CT molecular complexity index is 3150. The number of aromatic amines is 1. The number of aryl methyl sites for hydroxylation is 1. The smallest absolute Gasteiger partial charge is 0.262 e. The largest absolute Gasteiger partial charge is 0.399 e. The van der Waals surface area contributed by atoms with E-state index in [1.54, 1.807) is 74.5 Å². The number of nitrogens with two attached hydrogens (primary N) is 2. The van der Waals surface area contributed by atoms with Crippen LogP contribution in [0.25, 0.3) is 10.9 Å². The zero-order valence-electron chi connectivity index (χ0n) is 46.4. The number of halogens is 1. The van der Waals surface area contributed by atoms with Crippen molar-refractivity contribution < 1.29 is 45.3 Å². The number of nitrogens with one attached hydrogen (secondary N) is 6. The SMILES string of the molecule is CC.CC.CC(C)S(=O)(=O)c1ccccc1Nc1nc(Nc2ccc(N)cc2)ncc1Cl.Cc1ccc(NS(=O)(=O)c2ccc(NCCOCCOCCOCCOCCNC(=O)CCOCCN)c(C#N)c2)c2[nH]cc(C#N)c12. The molecule has 0 saturated carbocycles. The van der Waals surface area contributed by atoms with Crippen LogP contribution in [0.3, 0.4) is 0 Å². The lowest BCUT2D eigenvalue weighted by atomic mass is 10.1. The van der Waals surface area contributed by atoms with Gasteiger partial charge in [-0.05, 0) is 87.0 Å². The van der Waals surface area contributed by atoms with Gasteiger partial charge in [-0.15, -0.1) is 0 Å². The van der Waals surface area contributed by atoms with E-state index in [0.717, 1.165) is 11.3 Å². The van der Waals surface area contributed by atoms with Gasteiger partial charge < -0.3 is 61.4 Å². The highest BCUT2D eigenvalue weighted by Gasteiger charge is 2.24. The van der Waals surface area contributed by atoms with Crippen molar-refractivity contribution in [3.05, 3.63) is 113 Å². The average Bonchev–Trinajstić information content (AvgIpc) is 3.93. The Labute approximate surface area is 475 Å². The van der Waals surface area contributed by atoms with Gasteiger partial charge in [0.15, 0.2) is 15.7 Å². The molecule has 434 valence electrons. The van der Waals surface area contributed by atoms with E-state index in [9.17, 15) is 32.2 Å². The summed E-state index contributed by atoms with van der Waals surface area (Å²) in [5.41, 5.74) is 15.5. The molecular formula is C55H75ClN12O10S2. The fraction of sp³-hybridized carbons (Fsp3) is 0.400.